The fraction of sp³-hybridized carbons (Fsp3) is 0.154. The number of benzene rings is 4. The van der Waals surface area contributed by atoms with Gasteiger partial charge in [-0.1, -0.05) is 84.9 Å². The Morgan fingerprint density at radius 3 is 2.00 bits per heavy atom. The van der Waals surface area contributed by atoms with Gasteiger partial charge in [0.05, 0.1) is 0 Å². The smallest absolute Gasteiger partial charge is 0.132 e. The second-order valence-corrected chi connectivity index (χ2v) is 7.75. The van der Waals surface area contributed by atoms with Crippen molar-refractivity contribution in [3.63, 3.8) is 0 Å². The van der Waals surface area contributed by atoms with E-state index in [0.29, 0.717) is 11.8 Å². The van der Waals surface area contributed by atoms with E-state index in [0.717, 1.165) is 5.75 Å². The molecule has 2 aliphatic rings. The van der Waals surface area contributed by atoms with Crippen molar-refractivity contribution in [2.24, 2.45) is 0 Å². The SMILES string of the molecule is CC1=C[C@@H](c2ccccc2)[C@@H]2c3c(c4ccccc4c4ccccc34)O[C@H]12. The zero-order valence-corrected chi connectivity index (χ0v) is 15.2. The maximum atomic E-state index is 6.65. The molecule has 4 aromatic carbocycles. The summed E-state index contributed by atoms with van der Waals surface area (Å²) in [5.41, 5.74) is 4.10. The molecule has 0 spiro atoms. The zero-order chi connectivity index (χ0) is 18.0. The summed E-state index contributed by atoms with van der Waals surface area (Å²) in [6, 6.07) is 28.3. The van der Waals surface area contributed by atoms with Crippen LogP contribution >= 0.6 is 0 Å². The minimum Gasteiger partial charge on any atom is -0.484 e. The van der Waals surface area contributed by atoms with Crippen LogP contribution in [0.3, 0.4) is 0 Å². The fourth-order valence-electron chi connectivity index (χ4n) is 5.15. The van der Waals surface area contributed by atoms with Crippen LogP contribution in [0.15, 0.2) is 90.5 Å². The first-order valence-corrected chi connectivity index (χ1v) is 9.66. The van der Waals surface area contributed by atoms with Crippen molar-refractivity contribution in [2.45, 2.75) is 24.9 Å². The molecular formula is C26H20O. The molecular weight excluding hydrogens is 328 g/mol. The second-order valence-electron chi connectivity index (χ2n) is 7.75. The van der Waals surface area contributed by atoms with E-state index in [1.807, 2.05) is 0 Å². The number of hydrogen-bond donors (Lipinski definition) is 0. The van der Waals surface area contributed by atoms with E-state index in [9.17, 15) is 0 Å². The molecule has 0 N–H and O–H groups in total. The van der Waals surface area contributed by atoms with Crippen molar-refractivity contribution in [3.05, 3.63) is 102 Å². The van der Waals surface area contributed by atoms with Crippen molar-refractivity contribution >= 4 is 21.5 Å². The Bertz CT molecular complexity index is 1220. The Hall–Kier alpha value is -3.06. The Kier molecular flexibility index (Phi) is 3.05. The third-order valence-corrected chi connectivity index (χ3v) is 6.29. The predicted octanol–water partition coefficient (Wildman–Crippen LogP) is 6.58. The van der Waals surface area contributed by atoms with Crippen LogP contribution in [0.1, 0.15) is 29.9 Å². The summed E-state index contributed by atoms with van der Waals surface area (Å²) in [5, 5.41) is 5.18. The molecule has 0 radical (unpaired) electrons. The Labute approximate surface area is 158 Å². The molecule has 0 unspecified atom stereocenters. The van der Waals surface area contributed by atoms with Gasteiger partial charge in [-0.2, -0.15) is 0 Å². The molecule has 1 aliphatic carbocycles. The van der Waals surface area contributed by atoms with Gasteiger partial charge in [-0.3, -0.25) is 0 Å². The van der Waals surface area contributed by atoms with Crippen molar-refractivity contribution in [3.8, 4) is 5.75 Å². The highest BCUT2D eigenvalue weighted by Gasteiger charge is 2.46. The summed E-state index contributed by atoms with van der Waals surface area (Å²) in [6.07, 6.45) is 2.55. The van der Waals surface area contributed by atoms with Gasteiger partial charge in [0.2, 0.25) is 0 Å². The Morgan fingerprint density at radius 1 is 0.667 bits per heavy atom. The van der Waals surface area contributed by atoms with Crippen molar-refractivity contribution in [1.82, 2.24) is 0 Å². The van der Waals surface area contributed by atoms with E-state index >= 15 is 0 Å². The number of ether oxygens (including phenoxy) is 1. The van der Waals surface area contributed by atoms with Crippen LogP contribution in [0.25, 0.3) is 21.5 Å². The van der Waals surface area contributed by atoms with Crippen LogP contribution in [0, 0.1) is 0 Å². The van der Waals surface area contributed by atoms with Gasteiger partial charge in [0.25, 0.3) is 0 Å². The summed E-state index contributed by atoms with van der Waals surface area (Å²) in [4.78, 5) is 0. The van der Waals surface area contributed by atoms with Crippen molar-refractivity contribution in [1.29, 1.82) is 0 Å². The van der Waals surface area contributed by atoms with Gasteiger partial charge in [-0.05, 0) is 34.2 Å². The molecule has 130 valence electrons. The first-order chi connectivity index (χ1) is 13.3. The lowest BCUT2D eigenvalue weighted by molar-refractivity contribution is 0.251. The van der Waals surface area contributed by atoms with Crippen molar-refractivity contribution in [2.75, 3.05) is 0 Å². The maximum absolute atomic E-state index is 6.65. The fourth-order valence-corrected chi connectivity index (χ4v) is 5.15. The average molecular weight is 348 g/mol. The van der Waals surface area contributed by atoms with Gasteiger partial charge in [-0.25, -0.2) is 0 Å². The minimum atomic E-state index is 0.138. The standard InChI is InChI=1S/C26H20O/c1-16-15-22(17-9-3-2-4-10-17)24-23-20-13-7-5-11-18(20)19-12-6-8-14-21(19)26(23)27-25(16)24/h2-15,22,24-25H,1H3/t22-,24+,25+/m0/s1. The maximum Gasteiger partial charge on any atom is 0.132 e. The van der Waals surface area contributed by atoms with Crippen LogP contribution in [-0.2, 0) is 0 Å². The van der Waals surface area contributed by atoms with Crippen LogP contribution in [0.2, 0.25) is 0 Å². The highest BCUT2D eigenvalue weighted by molar-refractivity contribution is 6.13. The van der Waals surface area contributed by atoms with E-state index in [4.69, 9.17) is 4.74 Å². The minimum absolute atomic E-state index is 0.138. The predicted molar refractivity (Wildman–Crippen MR) is 112 cm³/mol. The lowest BCUT2D eigenvalue weighted by Crippen LogP contribution is -2.18. The first-order valence-electron chi connectivity index (χ1n) is 9.66. The third kappa shape index (κ3) is 2.00. The summed E-state index contributed by atoms with van der Waals surface area (Å²) < 4.78 is 6.65. The summed E-state index contributed by atoms with van der Waals surface area (Å²) in [7, 11) is 0. The topological polar surface area (TPSA) is 9.23 Å². The lowest BCUT2D eigenvalue weighted by atomic mass is 9.80. The molecule has 1 heteroatoms. The highest BCUT2D eigenvalue weighted by atomic mass is 16.5. The van der Waals surface area contributed by atoms with E-state index < -0.39 is 0 Å². The van der Waals surface area contributed by atoms with Gasteiger partial charge < -0.3 is 4.74 Å². The van der Waals surface area contributed by atoms with E-state index in [1.165, 1.54) is 38.2 Å². The summed E-state index contributed by atoms with van der Waals surface area (Å²) in [5.74, 6) is 1.80. The lowest BCUT2D eigenvalue weighted by Gasteiger charge is -2.20. The Balaban J connectivity index is 1.68. The van der Waals surface area contributed by atoms with E-state index in [-0.39, 0.29) is 6.10 Å². The van der Waals surface area contributed by atoms with Crippen LogP contribution in [0.5, 0.6) is 5.75 Å². The summed E-state index contributed by atoms with van der Waals surface area (Å²) >= 11 is 0. The molecule has 0 saturated carbocycles. The molecule has 4 aromatic rings. The van der Waals surface area contributed by atoms with Crippen LogP contribution in [-0.4, -0.2) is 6.10 Å². The molecule has 1 heterocycles. The van der Waals surface area contributed by atoms with E-state index in [1.54, 1.807) is 0 Å². The van der Waals surface area contributed by atoms with E-state index in [2.05, 4.69) is 91.9 Å². The third-order valence-electron chi connectivity index (χ3n) is 6.29. The number of hydrogen-bond acceptors (Lipinski definition) is 1. The van der Waals surface area contributed by atoms with Gasteiger partial charge in [0, 0.05) is 22.8 Å². The van der Waals surface area contributed by atoms with Gasteiger partial charge in [0.1, 0.15) is 11.9 Å². The molecule has 6 rings (SSSR count). The zero-order valence-electron chi connectivity index (χ0n) is 15.2. The molecule has 0 bridgehead atoms. The normalized spacial score (nSPS) is 23.1. The number of fused-ring (bicyclic) bond motifs is 8. The molecule has 0 aromatic heterocycles. The first kappa shape index (κ1) is 15.0. The van der Waals surface area contributed by atoms with Crippen LogP contribution < -0.4 is 4.74 Å². The second kappa shape index (κ2) is 5.47. The van der Waals surface area contributed by atoms with Crippen LogP contribution in [0.4, 0.5) is 0 Å². The monoisotopic (exact) mass is 348 g/mol. The Morgan fingerprint density at radius 2 is 1.26 bits per heavy atom. The van der Waals surface area contributed by atoms with Crippen molar-refractivity contribution < 1.29 is 4.74 Å². The van der Waals surface area contributed by atoms with Gasteiger partial charge in [0.15, 0.2) is 0 Å². The number of rotatable bonds is 1. The quantitative estimate of drug-likeness (QED) is 0.279. The average Bonchev–Trinajstić information content (AvgIpc) is 3.27. The molecule has 0 amide bonds. The van der Waals surface area contributed by atoms with Gasteiger partial charge in [-0.15, -0.1) is 0 Å². The molecule has 3 atom stereocenters. The molecule has 0 fully saturated rings. The molecule has 1 nitrogen and oxygen atoms in total. The largest absolute Gasteiger partial charge is 0.484 e. The number of allylic oxidation sites excluding steroid dienone is 1. The molecule has 27 heavy (non-hydrogen) atoms. The molecule has 1 aliphatic heterocycles. The highest BCUT2D eigenvalue weighted by Crippen LogP contribution is 2.57. The van der Waals surface area contributed by atoms with Gasteiger partial charge >= 0.3 is 0 Å². The summed E-state index contributed by atoms with van der Waals surface area (Å²) in [6.45, 7) is 2.22. The molecule has 0 saturated heterocycles.